The van der Waals surface area contributed by atoms with Gasteiger partial charge < -0.3 is 8.83 Å². The second-order valence-corrected chi connectivity index (χ2v) is 7.35. The lowest BCUT2D eigenvalue weighted by Gasteiger charge is -1.98. The number of halogens is 1. The Morgan fingerprint density at radius 1 is 0.969 bits per heavy atom. The van der Waals surface area contributed by atoms with E-state index < -0.39 is 4.92 Å². The molecule has 32 heavy (non-hydrogen) atoms. The number of rotatable bonds is 5. The highest BCUT2D eigenvalue weighted by atomic mass is 35.5. The number of fused-ring (bicyclic) bond motifs is 1. The van der Waals surface area contributed by atoms with Gasteiger partial charge in [-0.25, -0.2) is 4.98 Å². The van der Waals surface area contributed by atoms with Gasteiger partial charge in [0.2, 0.25) is 5.89 Å². The molecular formula is C24H14ClN3O4. The molecule has 0 bridgehead atoms. The van der Waals surface area contributed by atoms with Gasteiger partial charge in [-0.3, -0.25) is 15.1 Å². The van der Waals surface area contributed by atoms with Crippen LogP contribution in [0.4, 0.5) is 11.4 Å². The lowest BCUT2D eigenvalue weighted by molar-refractivity contribution is -0.384. The van der Waals surface area contributed by atoms with Gasteiger partial charge >= 0.3 is 0 Å². The number of nitrogens with zero attached hydrogens (tertiary/aromatic N) is 3. The predicted molar refractivity (Wildman–Crippen MR) is 123 cm³/mol. The Labute approximate surface area is 186 Å². The first kappa shape index (κ1) is 19.7. The molecule has 8 heteroatoms. The zero-order chi connectivity index (χ0) is 22.1. The molecule has 0 atom stereocenters. The maximum absolute atomic E-state index is 11.2. The maximum atomic E-state index is 11.2. The molecule has 2 heterocycles. The van der Waals surface area contributed by atoms with E-state index in [4.69, 9.17) is 20.4 Å². The summed E-state index contributed by atoms with van der Waals surface area (Å²) in [7, 11) is 0. The summed E-state index contributed by atoms with van der Waals surface area (Å²) in [6.45, 7) is 0. The number of para-hydroxylation sites is 1. The largest absolute Gasteiger partial charge is 0.455 e. The van der Waals surface area contributed by atoms with Gasteiger partial charge in [0.05, 0.1) is 22.4 Å². The highest BCUT2D eigenvalue weighted by Crippen LogP contribution is 2.31. The standard InChI is InChI=1S/C24H14ClN3O4/c25-16-7-5-15(6-8-16)24-27-20-13-17(9-11-23(20)32-24)26-14-18-10-12-22(31-18)19-3-1-2-4-21(19)28(29)30/h1-14H. The quantitative estimate of drug-likeness (QED) is 0.164. The fourth-order valence-electron chi connectivity index (χ4n) is 3.26. The van der Waals surface area contributed by atoms with Gasteiger partial charge in [0, 0.05) is 16.7 Å². The summed E-state index contributed by atoms with van der Waals surface area (Å²) < 4.78 is 11.6. The molecule has 0 unspecified atom stereocenters. The number of hydrogen-bond acceptors (Lipinski definition) is 6. The molecule has 0 fully saturated rings. The first-order chi connectivity index (χ1) is 15.6. The zero-order valence-corrected chi connectivity index (χ0v) is 17.2. The molecule has 0 amide bonds. The molecule has 2 aromatic heterocycles. The summed E-state index contributed by atoms with van der Waals surface area (Å²) in [5.41, 5.74) is 3.20. The molecule has 0 spiro atoms. The number of aromatic nitrogens is 1. The smallest absolute Gasteiger partial charge is 0.280 e. The Kier molecular flexibility index (Phi) is 5.01. The van der Waals surface area contributed by atoms with Crippen LogP contribution in [0.25, 0.3) is 33.9 Å². The van der Waals surface area contributed by atoms with Crippen LogP contribution < -0.4 is 0 Å². The van der Waals surface area contributed by atoms with E-state index in [1.165, 1.54) is 6.07 Å². The van der Waals surface area contributed by atoms with Gasteiger partial charge in [-0.1, -0.05) is 23.7 Å². The molecule has 0 saturated heterocycles. The third-order valence-corrected chi connectivity index (χ3v) is 5.05. The minimum atomic E-state index is -0.433. The molecule has 5 rings (SSSR count). The van der Waals surface area contributed by atoms with Crippen LogP contribution in [0, 0.1) is 10.1 Å². The van der Waals surface area contributed by atoms with Crippen LogP contribution in [0.1, 0.15) is 5.76 Å². The van der Waals surface area contributed by atoms with E-state index in [1.807, 2.05) is 18.2 Å². The van der Waals surface area contributed by atoms with Crippen molar-refractivity contribution >= 4 is 40.3 Å². The summed E-state index contributed by atoms with van der Waals surface area (Å²) in [5.74, 6) is 1.37. The number of benzene rings is 3. The van der Waals surface area contributed by atoms with Crippen molar-refractivity contribution in [1.29, 1.82) is 0 Å². The number of nitro groups is 1. The van der Waals surface area contributed by atoms with Crippen LogP contribution in [-0.4, -0.2) is 16.1 Å². The summed E-state index contributed by atoms with van der Waals surface area (Å²) in [6.07, 6.45) is 1.56. The molecule has 156 valence electrons. The van der Waals surface area contributed by atoms with Crippen molar-refractivity contribution in [3.8, 4) is 22.8 Å². The first-order valence-corrected chi connectivity index (χ1v) is 9.99. The van der Waals surface area contributed by atoms with Gasteiger partial charge in [0.25, 0.3) is 5.69 Å². The molecule has 0 saturated carbocycles. The van der Waals surface area contributed by atoms with E-state index in [1.54, 1.807) is 60.8 Å². The molecular weight excluding hydrogens is 430 g/mol. The van der Waals surface area contributed by atoms with E-state index >= 15 is 0 Å². The Hall–Kier alpha value is -4.23. The SMILES string of the molecule is O=[N+]([O-])c1ccccc1-c1ccc(C=Nc2ccc3oc(-c4ccc(Cl)cc4)nc3c2)o1. The normalized spacial score (nSPS) is 11.4. The number of furan rings is 1. The van der Waals surface area contributed by atoms with Crippen LogP contribution >= 0.6 is 11.6 Å². The summed E-state index contributed by atoms with van der Waals surface area (Å²) in [5, 5.41) is 11.9. The lowest BCUT2D eigenvalue weighted by atomic mass is 10.1. The molecule has 0 aliphatic carbocycles. The third kappa shape index (κ3) is 3.89. The van der Waals surface area contributed by atoms with Gasteiger partial charge in [-0.05, 0) is 60.7 Å². The van der Waals surface area contributed by atoms with Crippen molar-refractivity contribution in [3.63, 3.8) is 0 Å². The lowest BCUT2D eigenvalue weighted by Crippen LogP contribution is -1.90. The Morgan fingerprint density at radius 2 is 1.78 bits per heavy atom. The minimum absolute atomic E-state index is 0.0154. The van der Waals surface area contributed by atoms with Crippen molar-refractivity contribution in [1.82, 2.24) is 4.98 Å². The second-order valence-electron chi connectivity index (χ2n) is 6.91. The fraction of sp³-hybridized carbons (Fsp3) is 0. The summed E-state index contributed by atoms with van der Waals surface area (Å²) in [6, 6.07) is 22.5. The van der Waals surface area contributed by atoms with E-state index in [2.05, 4.69) is 9.98 Å². The van der Waals surface area contributed by atoms with Crippen molar-refractivity contribution in [3.05, 3.63) is 99.8 Å². The van der Waals surface area contributed by atoms with Crippen molar-refractivity contribution in [2.45, 2.75) is 0 Å². The summed E-state index contributed by atoms with van der Waals surface area (Å²) in [4.78, 5) is 19.8. The van der Waals surface area contributed by atoms with Gasteiger partial charge in [0.15, 0.2) is 5.58 Å². The molecule has 0 aliphatic rings. The molecule has 0 aliphatic heterocycles. The van der Waals surface area contributed by atoms with Crippen molar-refractivity contribution < 1.29 is 13.8 Å². The monoisotopic (exact) mass is 443 g/mol. The van der Waals surface area contributed by atoms with Crippen LogP contribution in [0.5, 0.6) is 0 Å². The molecule has 0 radical (unpaired) electrons. The van der Waals surface area contributed by atoms with E-state index in [0.717, 1.165) is 5.56 Å². The number of hydrogen-bond donors (Lipinski definition) is 0. The van der Waals surface area contributed by atoms with Gasteiger partial charge in [-0.15, -0.1) is 0 Å². The van der Waals surface area contributed by atoms with Crippen LogP contribution in [0.15, 0.2) is 92.7 Å². The summed E-state index contributed by atoms with van der Waals surface area (Å²) >= 11 is 5.94. The molecule has 3 aromatic carbocycles. The molecule has 0 N–H and O–H groups in total. The fourth-order valence-corrected chi connectivity index (χ4v) is 3.38. The first-order valence-electron chi connectivity index (χ1n) is 9.61. The maximum Gasteiger partial charge on any atom is 0.280 e. The van der Waals surface area contributed by atoms with Crippen LogP contribution in [0.3, 0.4) is 0 Å². The topological polar surface area (TPSA) is 94.7 Å². The van der Waals surface area contributed by atoms with Crippen LogP contribution in [-0.2, 0) is 0 Å². The van der Waals surface area contributed by atoms with Crippen LogP contribution in [0.2, 0.25) is 5.02 Å². The highest BCUT2D eigenvalue weighted by Gasteiger charge is 2.16. The average molecular weight is 444 g/mol. The molecule has 7 nitrogen and oxygen atoms in total. The van der Waals surface area contributed by atoms with E-state index in [9.17, 15) is 10.1 Å². The van der Waals surface area contributed by atoms with E-state index in [-0.39, 0.29) is 5.69 Å². The van der Waals surface area contributed by atoms with Crippen molar-refractivity contribution in [2.75, 3.05) is 0 Å². The Bertz CT molecular complexity index is 1470. The Morgan fingerprint density at radius 3 is 2.59 bits per heavy atom. The average Bonchev–Trinajstić information content (AvgIpc) is 3.45. The third-order valence-electron chi connectivity index (χ3n) is 4.80. The zero-order valence-electron chi connectivity index (χ0n) is 16.4. The van der Waals surface area contributed by atoms with E-state index in [0.29, 0.717) is 44.8 Å². The highest BCUT2D eigenvalue weighted by molar-refractivity contribution is 6.30. The molecule has 5 aromatic rings. The minimum Gasteiger partial charge on any atom is -0.455 e. The number of aliphatic imine (C=N–C) groups is 1. The number of oxazole rings is 1. The van der Waals surface area contributed by atoms with Crippen molar-refractivity contribution in [2.24, 2.45) is 4.99 Å². The predicted octanol–water partition coefficient (Wildman–Crippen LogP) is 7.07. The van der Waals surface area contributed by atoms with Gasteiger partial charge in [-0.2, -0.15) is 0 Å². The second kappa shape index (κ2) is 8.13. The van der Waals surface area contributed by atoms with Gasteiger partial charge in [0.1, 0.15) is 17.0 Å². The number of nitro benzene ring substituents is 1. The Balaban J connectivity index is 1.40.